The van der Waals surface area contributed by atoms with E-state index in [9.17, 15) is 0 Å². The molecule has 0 spiro atoms. The zero-order valence-electron chi connectivity index (χ0n) is 8.85. The molecule has 2 aliphatic carbocycles. The summed E-state index contributed by atoms with van der Waals surface area (Å²) in [5.74, 6) is 3.90. The number of hydrogen-bond donors (Lipinski definition) is 1. The Morgan fingerprint density at radius 3 is 2.67 bits per heavy atom. The first kappa shape index (κ1) is 9.33. The molecule has 2 saturated carbocycles. The van der Waals surface area contributed by atoms with E-state index in [0.717, 1.165) is 30.0 Å². The van der Waals surface area contributed by atoms with E-state index in [1.54, 1.807) is 0 Å². The first-order valence-corrected chi connectivity index (χ1v) is 5.92. The Hall–Kier alpha value is -0.900. The third-order valence-electron chi connectivity index (χ3n) is 3.79. The van der Waals surface area contributed by atoms with Gasteiger partial charge in [-0.3, -0.25) is 0 Å². The maximum atomic E-state index is 5.46. The molecule has 2 fully saturated rings. The lowest BCUT2D eigenvalue weighted by Gasteiger charge is -2.04. The smallest absolute Gasteiger partial charge is 0.230 e. The number of hydrogen-bond acceptors (Lipinski definition) is 4. The summed E-state index contributed by atoms with van der Waals surface area (Å²) in [5.41, 5.74) is 5.46. The van der Waals surface area contributed by atoms with Gasteiger partial charge in [-0.1, -0.05) is 18.0 Å². The predicted molar refractivity (Wildman–Crippen MR) is 55.2 cm³/mol. The van der Waals surface area contributed by atoms with E-state index in [0.29, 0.717) is 12.5 Å². The summed E-state index contributed by atoms with van der Waals surface area (Å²) in [7, 11) is 0. The molecule has 0 saturated heterocycles. The molecule has 1 heterocycles. The van der Waals surface area contributed by atoms with Gasteiger partial charge in [-0.05, 0) is 31.2 Å². The van der Waals surface area contributed by atoms with Crippen LogP contribution in [0.2, 0.25) is 0 Å². The lowest BCUT2D eigenvalue weighted by Crippen LogP contribution is -2.03. The number of rotatable bonds is 3. The molecule has 3 rings (SSSR count). The number of nitrogens with zero attached hydrogens (tertiary/aromatic N) is 2. The van der Waals surface area contributed by atoms with Crippen molar-refractivity contribution in [2.75, 3.05) is 6.54 Å². The summed E-state index contributed by atoms with van der Waals surface area (Å²) in [6.07, 6.45) is 6.18. The number of aromatic nitrogens is 2. The highest BCUT2D eigenvalue weighted by molar-refractivity contribution is 5.14. The van der Waals surface area contributed by atoms with Crippen LogP contribution in [-0.4, -0.2) is 16.7 Å². The van der Waals surface area contributed by atoms with Gasteiger partial charge in [-0.15, -0.1) is 0 Å². The second-order valence-electron chi connectivity index (χ2n) is 4.73. The fourth-order valence-corrected chi connectivity index (χ4v) is 2.99. The first-order valence-electron chi connectivity index (χ1n) is 5.92. The Labute approximate surface area is 89.2 Å². The van der Waals surface area contributed by atoms with Crippen LogP contribution < -0.4 is 5.73 Å². The summed E-state index contributed by atoms with van der Waals surface area (Å²) >= 11 is 0. The molecule has 2 atom stereocenters. The lowest BCUT2D eigenvalue weighted by molar-refractivity contribution is 0.368. The van der Waals surface area contributed by atoms with Gasteiger partial charge in [0, 0.05) is 12.3 Å². The van der Waals surface area contributed by atoms with Crippen molar-refractivity contribution >= 4 is 0 Å². The summed E-state index contributed by atoms with van der Waals surface area (Å²) in [6.45, 7) is 0.594. The van der Waals surface area contributed by atoms with Gasteiger partial charge in [-0.2, -0.15) is 4.98 Å². The Balaban J connectivity index is 1.71. The summed E-state index contributed by atoms with van der Waals surface area (Å²) in [6, 6.07) is 0. The zero-order chi connectivity index (χ0) is 10.3. The Bertz CT molecular complexity index is 337. The molecule has 0 bridgehead atoms. The minimum Gasteiger partial charge on any atom is -0.339 e. The van der Waals surface area contributed by atoms with E-state index < -0.39 is 0 Å². The van der Waals surface area contributed by atoms with Crippen LogP contribution in [0.1, 0.15) is 43.3 Å². The van der Waals surface area contributed by atoms with Crippen molar-refractivity contribution in [3.63, 3.8) is 0 Å². The van der Waals surface area contributed by atoms with E-state index in [4.69, 9.17) is 10.3 Å². The van der Waals surface area contributed by atoms with E-state index >= 15 is 0 Å². The standard InChI is InChI=1S/C11H17N3O/c12-6-5-9-13-11(15-14-9)10-7-3-1-2-4-8(7)10/h7-8,10H,1-6,12H2. The maximum Gasteiger partial charge on any atom is 0.230 e. The number of fused-ring (bicyclic) bond motifs is 1. The summed E-state index contributed by atoms with van der Waals surface area (Å²) < 4.78 is 5.32. The minimum absolute atomic E-state index is 0.575. The van der Waals surface area contributed by atoms with Crippen LogP contribution in [0.4, 0.5) is 0 Å². The third kappa shape index (κ3) is 1.57. The first-order chi connectivity index (χ1) is 7.40. The van der Waals surface area contributed by atoms with Gasteiger partial charge in [0.25, 0.3) is 0 Å². The molecular formula is C11H17N3O. The molecule has 0 aliphatic heterocycles. The van der Waals surface area contributed by atoms with E-state index in [1.807, 2.05) is 0 Å². The molecule has 4 nitrogen and oxygen atoms in total. The van der Waals surface area contributed by atoms with E-state index in [-0.39, 0.29) is 0 Å². The topological polar surface area (TPSA) is 64.9 Å². The molecule has 1 aromatic heterocycles. The van der Waals surface area contributed by atoms with Gasteiger partial charge in [0.2, 0.25) is 5.89 Å². The number of nitrogens with two attached hydrogens (primary N) is 1. The molecule has 2 N–H and O–H groups in total. The Morgan fingerprint density at radius 1 is 1.27 bits per heavy atom. The van der Waals surface area contributed by atoms with Crippen LogP contribution in [0.15, 0.2) is 4.52 Å². The average molecular weight is 207 g/mol. The summed E-state index contributed by atoms with van der Waals surface area (Å²) in [5, 5.41) is 3.96. The molecule has 2 aliphatic rings. The van der Waals surface area contributed by atoms with Crippen LogP contribution in [-0.2, 0) is 6.42 Å². The molecule has 1 aromatic rings. The SMILES string of the molecule is NCCc1noc(C2C3CCCCC32)n1. The van der Waals surface area contributed by atoms with Crippen LogP contribution in [0, 0.1) is 11.8 Å². The van der Waals surface area contributed by atoms with Crippen molar-refractivity contribution in [2.24, 2.45) is 17.6 Å². The third-order valence-corrected chi connectivity index (χ3v) is 3.79. The second-order valence-corrected chi connectivity index (χ2v) is 4.73. The molecule has 0 amide bonds. The van der Waals surface area contributed by atoms with Crippen molar-refractivity contribution in [3.8, 4) is 0 Å². The maximum absolute atomic E-state index is 5.46. The van der Waals surface area contributed by atoms with Gasteiger partial charge in [-0.25, -0.2) is 0 Å². The van der Waals surface area contributed by atoms with Crippen molar-refractivity contribution < 1.29 is 4.52 Å². The highest BCUT2D eigenvalue weighted by Crippen LogP contribution is 2.60. The quantitative estimate of drug-likeness (QED) is 0.815. The van der Waals surface area contributed by atoms with Crippen molar-refractivity contribution in [1.82, 2.24) is 10.1 Å². The van der Waals surface area contributed by atoms with Crippen LogP contribution in [0.3, 0.4) is 0 Å². The largest absolute Gasteiger partial charge is 0.339 e. The molecule has 4 heteroatoms. The normalized spacial score (nSPS) is 33.8. The Kier molecular flexibility index (Phi) is 2.24. The fourth-order valence-electron chi connectivity index (χ4n) is 2.99. The van der Waals surface area contributed by atoms with Gasteiger partial charge >= 0.3 is 0 Å². The van der Waals surface area contributed by atoms with Crippen molar-refractivity contribution in [3.05, 3.63) is 11.7 Å². The minimum atomic E-state index is 0.575. The molecule has 82 valence electrons. The van der Waals surface area contributed by atoms with E-state index in [2.05, 4.69) is 10.1 Å². The predicted octanol–water partition coefficient (Wildman–Crippen LogP) is 1.47. The zero-order valence-corrected chi connectivity index (χ0v) is 8.85. The van der Waals surface area contributed by atoms with E-state index in [1.165, 1.54) is 25.7 Å². The van der Waals surface area contributed by atoms with Crippen molar-refractivity contribution in [2.45, 2.75) is 38.0 Å². The Morgan fingerprint density at radius 2 is 2.00 bits per heavy atom. The molecule has 2 unspecified atom stereocenters. The molecule has 0 radical (unpaired) electrons. The fraction of sp³-hybridized carbons (Fsp3) is 0.818. The monoisotopic (exact) mass is 207 g/mol. The highest BCUT2D eigenvalue weighted by atomic mass is 16.5. The highest BCUT2D eigenvalue weighted by Gasteiger charge is 2.54. The lowest BCUT2D eigenvalue weighted by atomic mass is 10.0. The van der Waals surface area contributed by atoms with Crippen molar-refractivity contribution in [1.29, 1.82) is 0 Å². The molecule has 0 aromatic carbocycles. The van der Waals surface area contributed by atoms with Crippen LogP contribution in [0.25, 0.3) is 0 Å². The molecule has 15 heavy (non-hydrogen) atoms. The molecular weight excluding hydrogens is 190 g/mol. The van der Waals surface area contributed by atoms with Gasteiger partial charge < -0.3 is 10.3 Å². The summed E-state index contributed by atoms with van der Waals surface area (Å²) in [4.78, 5) is 4.43. The van der Waals surface area contributed by atoms with Gasteiger partial charge in [0.15, 0.2) is 5.82 Å². The second kappa shape index (κ2) is 3.59. The average Bonchev–Trinajstić information content (AvgIpc) is 2.82. The van der Waals surface area contributed by atoms with Gasteiger partial charge in [0.1, 0.15) is 0 Å². The van der Waals surface area contributed by atoms with Gasteiger partial charge in [0.05, 0.1) is 0 Å². The van der Waals surface area contributed by atoms with Crippen LogP contribution >= 0.6 is 0 Å². The van der Waals surface area contributed by atoms with Crippen LogP contribution in [0.5, 0.6) is 0 Å².